The number of aromatic nitrogens is 4. The maximum absolute atomic E-state index is 13.2. The molecule has 1 atom stereocenters. The van der Waals surface area contributed by atoms with Crippen molar-refractivity contribution >= 4 is 11.7 Å². The predicted octanol–water partition coefficient (Wildman–Crippen LogP) is 2.49. The molecule has 2 aliphatic rings. The molecule has 1 saturated heterocycles. The molecule has 144 valence electrons. The van der Waals surface area contributed by atoms with Crippen molar-refractivity contribution in [3.8, 4) is 11.5 Å². The number of rotatable bonds is 2. The molecule has 1 unspecified atom stereocenters. The highest BCUT2D eigenvalue weighted by Gasteiger charge is 2.33. The first-order valence-corrected chi connectivity index (χ1v) is 9.52. The first-order valence-electron chi connectivity index (χ1n) is 9.52. The minimum atomic E-state index is -0.167. The average molecular weight is 379 g/mol. The molecule has 0 N–H and O–H groups in total. The van der Waals surface area contributed by atoms with Crippen LogP contribution in [0.4, 0.5) is 0 Å². The maximum Gasteiger partial charge on any atom is 0.294 e. The largest absolute Gasteiger partial charge is 0.486 e. The summed E-state index contributed by atoms with van der Waals surface area (Å²) in [4.78, 5) is 23.8. The summed E-state index contributed by atoms with van der Waals surface area (Å²) in [6.07, 6.45) is 1.84. The lowest BCUT2D eigenvalue weighted by atomic mass is 10.0. The number of hydrogen-bond acceptors (Lipinski definition) is 6. The maximum atomic E-state index is 13.2. The molecule has 4 heterocycles. The van der Waals surface area contributed by atoms with Crippen LogP contribution in [0.15, 0.2) is 24.3 Å². The number of benzene rings is 1. The Morgan fingerprint density at radius 2 is 1.93 bits per heavy atom. The fourth-order valence-corrected chi connectivity index (χ4v) is 4.01. The highest BCUT2D eigenvalue weighted by Crippen LogP contribution is 2.38. The average Bonchev–Trinajstić information content (AvgIpc) is 3.34. The second-order valence-corrected chi connectivity index (χ2v) is 7.25. The molecule has 8 nitrogen and oxygen atoms in total. The molecule has 1 aromatic carbocycles. The summed E-state index contributed by atoms with van der Waals surface area (Å²) < 4.78 is 12.9. The fraction of sp³-hybridized carbons (Fsp3) is 0.400. The van der Waals surface area contributed by atoms with Gasteiger partial charge >= 0.3 is 0 Å². The van der Waals surface area contributed by atoms with E-state index < -0.39 is 0 Å². The standard InChI is InChI=1S/C20H21N5O3/c1-12-10-13(2)25-20(21-12)22-18(23-25)19(26)24-7-3-4-15(24)14-5-6-16-17(11-14)28-9-8-27-16/h5-6,10-11,15H,3-4,7-9H2,1-2H3. The van der Waals surface area contributed by atoms with Gasteiger partial charge in [0.15, 0.2) is 11.5 Å². The van der Waals surface area contributed by atoms with Gasteiger partial charge in [-0.05, 0) is 50.5 Å². The first kappa shape index (κ1) is 17.0. The van der Waals surface area contributed by atoms with Crippen molar-refractivity contribution in [2.24, 2.45) is 0 Å². The van der Waals surface area contributed by atoms with Crippen LogP contribution in [0.5, 0.6) is 11.5 Å². The van der Waals surface area contributed by atoms with Gasteiger partial charge in [0, 0.05) is 17.9 Å². The zero-order valence-electron chi connectivity index (χ0n) is 15.9. The monoisotopic (exact) mass is 379 g/mol. The van der Waals surface area contributed by atoms with Crippen LogP contribution in [0.25, 0.3) is 5.78 Å². The summed E-state index contributed by atoms with van der Waals surface area (Å²) in [5.41, 5.74) is 2.80. The van der Waals surface area contributed by atoms with Crippen LogP contribution in [0.2, 0.25) is 0 Å². The van der Waals surface area contributed by atoms with Crippen molar-refractivity contribution < 1.29 is 14.3 Å². The van der Waals surface area contributed by atoms with Crippen molar-refractivity contribution in [2.45, 2.75) is 32.7 Å². The number of fused-ring (bicyclic) bond motifs is 2. The van der Waals surface area contributed by atoms with Gasteiger partial charge < -0.3 is 14.4 Å². The van der Waals surface area contributed by atoms with Gasteiger partial charge in [0.2, 0.25) is 5.82 Å². The van der Waals surface area contributed by atoms with Gasteiger partial charge in [-0.2, -0.15) is 4.98 Å². The number of carbonyl (C=O) groups is 1. The van der Waals surface area contributed by atoms with Gasteiger partial charge in [-0.25, -0.2) is 9.50 Å². The Morgan fingerprint density at radius 1 is 1.11 bits per heavy atom. The van der Waals surface area contributed by atoms with E-state index in [2.05, 4.69) is 15.1 Å². The van der Waals surface area contributed by atoms with Gasteiger partial charge in [-0.15, -0.1) is 5.10 Å². The number of ether oxygens (including phenoxy) is 2. The fourth-order valence-electron chi connectivity index (χ4n) is 4.01. The number of amides is 1. The number of likely N-dealkylation sites (tertiary alicyclic amines) is 1. The molecule has 1 amide bonds. The van der Waals surface area contributed by atoms with Gasteiger partial charge in [0.1, 0.15) is 13.2 Å². The molecule has 8 heteroatoms. The topological polar surface area (TPSA) is 81.9 Å². The summed E-state index contributed by atoms with van der Waals surface area (Å²) in [6, 6.07) is 7.81. The highest BCUT2D eigenvalue weighted by atomic mass is 16.6. The smallest absolute Gasteiger partial charge is 0.294 e. The molecule has 2 aliphatic heterocycles. The third-order valence-electron chi connectivity index (χ3n) is 5.27. The Hall–Kier alpha value is -3.16. The van der Waals surface area contributed by atoms with E-state index in [-0.39, 0.29) is 17.8 Å². The van der Waals surface area contributed by atoms with Crippen LogP contribution < -0.4 is 9.47 Å². The van der Waals surface area contributed by atoms with Crippen LogP contribution in [0, 0.1) is 13.8 Å². The minimum absolute atomic E-state index is 0.0225. The lowest BCUT2D eigenvalue weighted by Crippen LogP contribution is -2.31. The molecule has 0 spiro atoms. The number of aryl methyl sites for hydroxylation is 2. The Kier molecular flexibility index (Phi) is 3.92. The van der Waals surface area contributed by atoms with Crippen LogP contribution in [0.1, 0.15) is 46.5 Å². The Balaban J connectivity index is 1.47. The van der Waals surface area contributed by atoms with E-state index in [1.165, 1.54) is 0 Å². The normalized spacial score (nSPS) is 18.6. The molecule has 5 rings (SSSR count). The van der Waals surface area contributed by atoms with Crippen LogP contribution in [-0.2, 0) is 0 Å². The summed E-state index contributed by atoms with van der Waals surface area (Å²) >= 11 is 0. The van der Waals surface area contributed by atoms with E-state index in [9.17, 15) is 4.79 Å². The van der Waals surface area contributed by atoms with Gasteiger partial charge in [-0.1, -0.05) is 6.07 Å². The van der Waals surface area contributed by atoms with Crippen LogP contribution >= 0.6 is 0 Å². The van der Waals surface area contributed by atoms with Gasteiger partial charge in [0.05, 0.1) is 6.04 Å². The van der Waals surface area contributed by atoms with E-state index in [0.717, 1.165) is 41.3 Å². The second-order valence-electron chi connectivity index (χ2n) is 7.25. The van der Waals surface area contributed by atoms with Crippen LogP contribution in [0.3, 0.4) is 0 Å². The molecular formula is C20H21N5O3. The van der Waals surface area contributed by atoms with E-state index in [1.807, 2.05) is 43.0 Å². The van der Waals surface area contributed by atoms with Crippen LogP contribution in [-0.4, -0.2) is 50.1 Å². The van der Waals surface area contributed by atoms with Gasteiger partial charge in [-0.3, -0.25) is 4.79 Å². The van der Waals surface area contributed by atoms with E-state index in [4.69, 9.17) is 9.47 Å². The zero-order chi connectivity index (χ0) is 19.3. The number of nitrogens with zero attached hydrogens (tertiary/aromatic N) is 5. The molecule has 2 aromatic heterocycles. The Bertz CT molecular complexity index is 1080. The molecule has 0 bridgehead atoms. The highest BCUT2D eigenvalue weighted by molar-refractivity contribution is 5.91. The number of hydrogen-bond donors (Lipinski definition) is 0. The minimum Gasteiger partial charge on any atom is -0.486 e. The lowest BCUT2D eigenvalue weighted by molar-refractivity contribution is 0.0723. The van der Waals surface area contributed by atoms with Crippen molar-refractivity contribution in [1.82, 2.24) is 24.5 Å². The molecule has 3 aromatic rings. The second kappa shape index (κ2) is 6.47. The SMILES string of the molecule is Cc1cc(C)n2nc(C(=O)N3CCCC3c3ccc4c(c3)OCCO4)nc2n1. The lowest BCUT2D eigenvalue weighted by Gasteiger charge is -2.25. The van der Waals surface area contributed by atoms with Crippen molar-refractivity contribution in [2.75, 3.05) is 19.8 Å². The zero-order valence-corrected chi connectivity index (χ0v) is 15.9. The predicted molar refractivity (Wildman–Crippen MR) is 101 cm³/mol. The van der Waals surface area contributed by atoms with E-state index in [0.29, 0.717) is 25.5 Å². The Labute approximate surface area is 162 Å². The summed E-state index contributed by atoms with van der Waals surface area (Å²) in [5, 5.41) is 4.40. The molecule has 28 heavy (non-hydrogen) atoms. The van der Waals surface area contributed by atoms with Gasteiger partial charge in [0.25, 0.3) is 11.7 Å². The summed E-state index contributed by atoms with van der Waals surface area (Å²) in [7, 11) is 0. The Morgan fingerprint density at radius 3 is 2.79 bits per heavy atom. The van der Waals surface area contributed by atoms with Crippen molar-refractivity contribution in [3.05, 3.63) is 47.0 Å². The molecule has 1 fully saturated rings. The van der Waals surface area contributed by atoms with Crippen molar-refractivity contribution in [3.63, 3.8) is 0 Å². The van der Waals surface area contributed by atoms with Crippen molar-refractivity contribution in [1.29, 1.82) is 0 Å². The molecule has 0 aliphatic carbocycles. The van der Waals surface area contributed by atoms with E-state index in [1.54, 1.807) is 4.52 Å². The number of carbonyl (C=O) groups excluding carboxylic acids is 1. The summed E-state index contributed by atoms with van der Waals surface area (Å²) in [5.74, 6) is 1.97. The molecule has 0 radical (unpaired) electrons. The quantitative estimate of drug-likeness (QED) is 0.680. The third kappa shape index (κ3) is 2.76. The summed E-state index contributed by atoms with van der Waals surface area (Å²) in [6.45, 7) is 5.62. The third-order valence-corrected chi connectivity index (χ3v) is 5.27. The first-order chi connectivity index (χ1) is 13.6. The van der Waals surface area contributed by atoms with E-state index >= 15 is 0 Å². The molecule has 0 saturated carbocycles. The molecular weight excluding hydrogens is 358 g/mol.